The Hall–Kier alpha value is -1.09. The van der Waals surface area contributed by atoms with Gasteiger partial charge < -0.3 is 10.6 Å². The van der Waals surface area contributed by atoms with E-state index in [0.29, 0.717) is 6.04 Å². The van der Waals surface area contributed by atoms with E-state index >= 15 is 0 Å². The average Bonchev–Trinajstić information content (AvgIpc) is 2.83. The predicted molar refractivity (Wildman–Crippen MR) is 63.1 cm³/mol. The number of halogens is 1. The van der Waals surface area contributed by atoms with Gasteiger partial charge in [-0.25, -0.2) is 4.39 Å². The Morgan fingerprint density at radius 1 is 1.31 bits per heavy atom. The monoisotopic (exact) mass is 220 g/mol. The fraction of sp³-hybridized carbons (Fsp3) is 0.538. The second-order valence-electron chi connectivity index (χ2n) is 4.88. The average molecular weight is 220 g/mol. The van der Waals surface area contributed by atoms with Crippen molar-refractivity contribution in [3.63, 3.8) is 0 Å². The summed E-state index contributed by atoms with van der Waals surface area (Å²) in [5.74, 6) is -0.141. The van der Waals surface area contributed by atoms with Gasteiger partial charge in [0.1, 0.15) is 5.82 Å². The third-order valence-corrected chi connectivity index (χ3v) is 3.91. The molecule has 0 bridgehead atoms. The number of rotatable bonds is 1. The molecule has 1 aliphatic heterocycles. The van der Waals surface area contributed by atoms with Gasteiger partial charge in [-0.05, 0) is 43.4 Å². The number of nitrogens with two attached hydrogens (primary N) is 1. The smallest absolute Gasteiger partial charge is 0.125 e. The molecular formula is C13H17FN2. The molecule has 0 aromatic heterocycles. The first-order chi connectivity index (χ1) is 7.75. The molecule has 2 atom stereocenters. The summed E-state index contributed by atoms with van der Waals surface area (Å²) in [6.07, 6.45) is 4.48. The van der Waals surface area contributed by atoms with Crippen LogP contribution in [0.15, 0.2) is 18.2 Å². The first-order valence-corrected chi connectivity index (χ1v) is 6.06. The van der Waals surface area contributed by atoms with Crippen LogP contribution in [0.2, 0.25) is 0 Å². The van der Waals surface area contributed by atoms with Crippen LogP contribution in [-0.4, -0.2) is 18.6 Å². The third kappa shape index (κ3) is 1.50. The Balaban J connectivity index is 1.93. The van der Waals surface area contributed by atoms with Crippen LogP contribution in [-0.2, 0) is 6.42 Å². The molecule has 1 fully saturated rings. The van der Waals surface area contributed by atoms with Crippen molar-refractivity contribution in [1.82, 2.24) is 0 Å². The number of hydrogen-bond donors (Lipinski definition) is 1. The van der Waals surface area contributed by atoms with E-state index in [1.54, 1.807) is 12.1 Å². The summed E-state index contributed by atoms with van der Waals surface area (Å²) in [6, 6.07) is 5.80. The van der Waals surface area contributed by atoms with E-state index in [1.807, 2.05) is 6.07 Å². The standard InChI is InChI=1S/C13H17FN2/c14-10-5-4-9-6-7-16(13(9)8-10)12-3-1-2-11(12)15/h4-5,8,11-12H,1-3,6-7,15H2. The van der Waals surface area contributed by atoms with Gasteiger partial charge in [0.2, 0.25) is 0 Å². The van der Waals surface area contributed by atoms with Crippen LogP contribution in [0.1, 0.15) is 24.8 Å². The Morgan fingerprint density at radius 2 is 2.19 bits per heavy atom. The molecule has 0 saturated heterocycles. The Morgan fingerprint density at radius 3 is 2.94 bits per heavy atom. The van der Waals surface area contributed by atoms with Gasteiger partial charge in [-0.3, -0.25) is 0 Å². The minimum absolute atomic E-state index is 0.141. The maximum atomic E-state index is 13.3. The molecule has 1 aromatic rings. The summed E-state index contributed by atoms with van der Waals surface area (Å²) in [4.78, 5) is 2.32. The quantitative estimate of drug-likeness (QED) is 0.785. The van der Waals surface area contributed by atoms with Gasteiger partial charge in [0.25, 0.3) is 0 Å². The highest BCUT2D eigenvalue weighted by atomic mass is 19.1. The second-order valence-corrected chi connectivity index (χ2v) is 4.88. The Labute approximate surface area is 95.2 Å². The van der Waals surface area contributed by atoms with Crippen LogP contribution in [0.4, 0.5) is 10.1 Å². The van der Waals surface area contributed by atoms with Crippen molar-refractivity contribution >= 4 is 5.69 Å². The lowest BCUT2D eigenvalue weighted by Gasteiger charge is -2.30. The summed E-state index contributed by atoms with van der Waals surface area (Å²) < 4.78 is 13.3. The van der Waals surface area contributed by atoms with Gasteiger partial charge in [-0.2, -0.15) is 0 Å². The topological polar surface area (TPSA) is 29.3 Å². The first kappa shape index (κ1) is 10.1. The van der Waals surface area contributed by atoms with E-state index in [0.717, 1.165) is 31.5 Å². The SMILES string of the molecule is NC1CCCC1N1CCc2ccc(F)cc21. The van der Waals surface area contributed by atoms with E-state index < -0.39 is 0 Å². The van der Waals surface area contributed by atoms with Crippen molar-refractivity contribution in [2.45, 2.75) is 37.8 Å². The molecule has 2 unspecified atom stereocenters. The zero-order chi connectivity index (χ0) is 11.1. The molecule has 1 saturated carbocycles. The molecule has 16 heavy (non-hydrogen) atoms. The molecule has 3 rings (SSSR count). The molecule has 0 radical (unpaired) electrons. The molecule has 86 valence electrons. The van der Waals surface area contributed by atoms with Crippen LogP contribution < -0.4 is 10.6 Å². The third-order valence-electron chi connectivity index (χ3n) is 3.91. The highest BCUT2D eigenvalue weighted by Gasteiger charge is 2.33. The number of nitrogens with zero attached hydrogens (tertiary/aromatic N) is 1. The van der Waals surface area contributed by atoms with Gasteiger partial charge in [0, 0.05) is 24.3 Å². The maximum absolute atomic E-state index is 13.3. The van der Waals surface area contributed by atoms with E-state index in [-0.39, 0.29) is 11.9 Å². The molecular weight excluding hydrogens is 203 g/mol. The van der Waals surface area contributed by atoms with Gasteiger partial charge in [0.15, 0.2) is 0 Å². The zero-order valence-electron chi connectivity index (χ0n) is 9.32. The maximum Gasteiger partial charge on any atom is 0.125 e. The lowest BCUT2D eigenvalue weighted by atomic mass is 10.1. The van der Waals surface area contributed by atoms with E-state index in [4.69, 9.17) is 5.73 Å². The molecule has 1 heterocycles. The second kappa shape index (κ2) is 3.74. The largest absolute Gasteiger partial charge is 0.366 e. The van der Waals surface area contributed by atoms with Crippen molar-refractivity contribution in [1.29, 1.82) is 0 Å². The number of hydrogen-bond acceptors (Lipinski definition) is 2. The van der Waals surface area contributed by atoms with Crippen LogP contribution in [0.3, 0.4) is 0 Å². The van der Waals surface area contributed by atoms with Crippen molar-refractivity contribution in [2.75, 3.05) is 11.4 Å². The minimum atomic E-state index is -0.141. The summed E-state index contributed by atoms with van der Waals surface area (Å²) in [7, 11) is 0. The van der Waals surface area contributed by atoms with E-state index in [2.05, 4.69) is 4.90 Å². The van der Waals surface area contributed by atoms with Crippen LogP contribution >= 0.6 is 0 Å². The number of fused-ring (bicyclic) bond motifs is 1. The summed E-state index contributed by atoms with van der Waals surface area (Å²) in [6.45, 7) is 0.997. The highest BCUT2D eigenvalue weighted by molar-refractivity contribution is 5.59. The molecule has 0 amide bonds. The van der Waals surface area contributed by atoms with Crippen LogP contribution in [0.25, 0.3) is 0 Å². The van der Waals surface area contributed by atoms with E-state index in [1.165, 1.54) is 12.0 Å². The molecule has 1 aliphatic carbocycles. The molecule has 2 nitrogen and oxygen atoms in total. The van der Waals surface area contributed by atoms with Crippen molar-refractivity contribution < 1.29 is 4.39 Å². The summed E-state index contributed by atoms with van der Waals surface area (Å²) in [5.41, 5.74) is 8.45. The number of anilines is 1. The molecule has 1 aromatic carbocycles. The first-order valence-electron chi connectivity index (χ1n) is 6.06. The highest BCUT2D eigenvalue weighted by Crippen LogP contribution is 2.34. The fourth-order valence-electron chi connectivity index (χ4n) is 3.08. The van der Waals surface area contributed by atoms with Crippen LogP contribution in [0.5, 0.6) is 0 Å². The lowest BCUT2D eigenvalue weighted by Crippen LogP contribution is -2.43. The number of benzene rings is 1. The summed E-state index contributed by atoms with van der Waals surface area (Å²) in [5, 5.41) is 0. The van der Waals surface area contributed by atoms with Crippen molar-refractivity contribution in [2.24, 2.45) is 5.73 Å². The Kier molecular flexibility index (Phi) is 2.36. The normalized spacial score (nSPS) is 28.5. The van der Waals surface area contributed by atoms with Crippen LogP contribution in [0, 0.1) is 5.82 Å². The molecule has 3 heteroatoms. The van der Waals surface area contributed by atoms with Gasteiger partial charge in [0.05, 0.1) is 0 Å². The van der Waals surface area contributed by atoms with E-state index in [9.17, 15) is 4.39 Å². The van der Waals surface area contributed by atoms with Crippen molar-refractivity contribution in [3.8, 4) is 0 Å². The van der Waals surface area contributed by atoms with Gasteiger partial charge >= 0.3 is 0 Å². The van der Waals surface area contributed by atoms with Crippen molar-refractivity contribution in [3.05, 3.63) is 29.6 Å². The molecule has 2 aliphatic rings. The predicted octanol–water partition coefficient (Wildman–Crippen LogP) is 2.07. The minimum Gasteiger partial charge on any atom is -0.366 e. The molecule has 0 spiro atoms. The summed E-state index contributed by atoms with van der Waals surface area (Å²) >= 11 is 0. The van der Waals surface area contributed by atoms with Gasteiger partial charge in [-0.15, -0.1) is 0 Å². The zero-order valence-corrected chi connectivity index (χ0v) is 9.32. The Bertz CT molecular complexity index is 405. The van der Waals surface area contributed by atoms with Gasteiger partial charge in [-0.1, -0.05) is 6.07 Å². The fourth-order valence-corrected chi connectivity index (χ4v) is 3.08. The lowest BCUT2D eigenvalue weighted by molar-refractivity contribution is 0.553. The molecule has 2 N–H and O–H groups in total.